The molecule has 0 aliphatic carbocycles. The van der Waals surface area contributed by atoms with Crippen molar-refractivity contribution >= 4 is 0 Å². The van der Waals surface area contributed by atoms with Crippen LogP contribution in [0.4, 0.5) is 0 Å². The van der Waals surface area contributed by atoms with Gasteiger partial charge in [-0.15, -0.1) is 0 Å². The topological polar surface area (TPSA) is 18.5 Å². The predicted molar refractivity (Wildman–Crippen MR) is 35.1 cm³/mol. The average molecular weight is 128 g/mol. The molecule has 0 aromatic rings. The maximum atomic E-state index is 5.38. The van der Waals surface area contributed by atoms with E-state index in [0.717, 1.165) is 0 Å². The summed E-state index contributed by atoms with van der Waals surface area (Å²) in [5.41, 5.74) is -0.142. The second kappa shape index (κ2) is 2.40. The molecule has 0 spiro atoms. The summed E-state index contributed by atoms with van der Waals surface area (Å²) in [4.78, 5) is 0. The van der Waals surface area contributed by atoms with Crippen molar-refractivity contribution in [3.63, 3.8) is 0 Å². The van der Waals surface area contributed by atoms with Crippen molar-refractivity contribution < 1.29 is 9.47 Å². The minimum absolute atomic E-state index is 0.142. The molecule has 1 aliphatic heterocycles. The minimum Gasteiger partial charge on any atom is -0.499 e. The summed E-state index contributed by atoms with van der Waals surface area (Å²) < 4.78 is 10.4. The van der Waals surface area contributed by atoms with Crippen LogP contribution in [0.3, 0.4) is 0 Å². The van der Waals surface area contributed by atoms with Gasteiger partial charge in [-0.2, -0.15) is 0 Å². The predicted octanol–water partition coefficient (Wildman–Crippen LogP) is 1.33. The van der Waals surface area contributed by atoms with Gasteiger partial charge in [0.2, 0.25) is 0 Å². The van der Waals surface area contributed by atoms with Gasteiger partial charge >= 0.3 is 0 Å². The van der Waals surface area contributed by atoms with Crippen LogP contribution in [-0.2, 0) is 9.47 Å². The summed E-state index contributed by atoms with van der Waals surface area (Å²) in [5, 5.41) is 0. The minimum atomic E-state index is -0.142. The fourth-order valence-electron chi connectivity index (χ4n) is 0.681. The van der Waals surface area contributed by atoms with Gasteiger partial charge in [-0.3, -0.25) is 0 Å². The summed E-state index contributed by atoms with van der Waals surface area (Å²) in [6.07, 6.45) is 3.62. The first-order valence-electron chi connectivity index (χ1n) is 3.14. The fourth-order valence-corrected chi connectivity index (χ4v) is 0.681. The van der Waals surface area contributed by atoms with Crippen molar-refractivity contribution in [3.05, 3.63) is 12.3 Å². The lowest BCUT2D eigenvalue weighted by molar-refractivity contribution is 0.0108. The second-order valence-corrected chi connectivity index (χ2v) is 2.63. The zero-order chi connectivity index (χ0) is 6.74. The summed E-state index contributed by atoms with van der Waals surface area (Å²) >= 11 is 0. The molecular formula is C7H12O2. The number of hydrogen-bond acceptors (Lipinski definition) is 2. The largest absolute Gasteiger partial charge is 0.499 e. The van der Waals surface area contributed by atoms with Crippen molar-refractivity contribution in [3.8, 4) is 0 Å². The van der Waals surface area contributed by atoms with Gasteiger partial charge in [0.05, 0.1) is 18.5 Å². The van der Waals surface area contributed by atoms with E-state index in [2.05, 4.69) is 0 Å². The molecule has 2 nitrogen and oxygen atoms in total. The van der Waals surface area contributed by atoms with Crippen LogP contribution >= 0.6 is 0 Å². The Labute approximate surface area is 55.5 Å². The summed E-state index contributed by atoms with van der Waals surface area (Å²) in [5.74, 6) is 0. The van der Waals surface area contributed by atoms with Crippen LogP contribution < -0.4 is 0 Å². The van der Waals surface area contributed by atoms with Crippen LogP contribution in [0.1, 0.15) is 13.8 Å². The van der Waals surface area contributed by atoms with Crippen LogP contribution in [0.2, 0.25) is 0 Å². The Balaban J connectivity index is 2.52. The molecule has 0 unspecified atom stereocenters. The molecule has 52 valence electrons. The maximum Gasteiger partial charge on any atom is 0.111 e. The highest BCUT2D eigenvalue weighted by Crippen LogP contribution is 2.12. The molecule has 0 aromatic carbocycles. The normalized spacial score (nSPS) is 24.7. The Bertz CT molecular complexity index is 116. The molecule has 9 heavy (non-hydrogen) atoms. The molecule has 1 rings (SSSR count). The van der Waals surface area contributed by atoms with Gasteiger partial charge in [-0.1, -0.05) is 0 Å². The van der Waals surface area contributed by atoms with E-state index in [1.807, 2.05) is 19.9 Å². The van der Waals surface area contributed by atoms with Crippen LogP contribution in [-0.4, -0.2) is 18.8 Å². The van der Waals surface area contributed by atoms with E-state index in [1.54, 1.807) is 6.26 Å². The van der Waals surface area contributed by atoms with Gasteiger partial charge in [0, 0.05) is 0 Å². The molecule has 0 saturated carbocycles. The van der Waals surface area contributed by atoms with Crippen LogP contribution in [0.5, 0.6) is 0 Å². The lowest BCUT2D eigenvalue weighted by atomic mass is 10.1. The average Bonchev–Trinajstić information content (AvgIpc) is 1.92. The highest BCUT2D eigenvalue weighted by Gasteiger charge is 2.15. The van der Waals surface area contributed by atoms with Gasteiger partial charge in [0.25, 0.3) is 0 Å². The molecule has 0 radical (unpaired) electrons. The summed E-state index contributed by atoms with van der Waals surface area (Å²) in [6, 6.07) is 0. The monoisotopic (exact) mass is 128 g/mol. The van der Waals surface area contributed by atoms with Crippen molar-refractivity contribution in [1.82, 2.24) is 0 Å². The Morgan fingerprint density at radius 1 is 1.33 bits per heavy atom. The quantitative estimate of drug-likeness (QED) is 0.490. The molecule has 0 N–H and O–H groups in total. The van der Waals surface area contributed by atoms with Crippen molar-refractivity contribution in [1.29, 1.82) is 0 Å². The van der Waals surface area contributed by atoms with Gasteiger partial charge in [0.15, 0.2) is 0 Å². The molecule has 2 heteroatoms. The highest BCUT2D eigenvalue weighted by molar-refractivity contribution is 4.93. The molecule has 1 aliphatic rings. The first kappa shape index (κ1) is 6.62. The Morgan fingerprint density at radius 3 is 2.89 bits per heavy atom. The number of rotatable bonds is 0. The molecule has 0 bridgehead atoms. The smallest absolute Gasteiger partial charge is 0.111 e. The van der Waals surface area contributed by atoms with E-state index >= 15 is 0 Å². The van der Waals surface area contributed by atoms with E-state index in [4.69, 9.17) is 9.47 Å². The molecule has 0 amide bonds. The zero-order valence-electron chi connectivity index (χ0n) is 5.89. The van der Waals surface area contributed by atoms with Gasteiger partial charge in [0.1, 0.15) is 6.61 Å². The first-order valence-corrected chi connectivity index (χ1v) is 3.14. The lowest BCUT2D eigenvalue weighted by Crippen LogP contribution is -2.21. The molecule has 0 atom stereocenters. The molecule has 0 saturated heterocycles. The van der Waals surface area contributed by atoms with E-state index in [-0.39, 0.29) is 5.60 Å². The van der Waals surface area contributed by atoms with Gasteiger partial charge < -0.3 is 9.47 Å². The van der Waals surface area contributed by atoms with Crippen molar-refractivity contribution in [2.45, 2.75) is 19.4 Å². The van der Waals surface area contributed by atoms with E-state index in [0.29, 0.717) is 13.2 Å². The third-order valence-corrected chi connectivity index (χ3v) is 1.24. The van der Waals surface area contributed by atoms with Crippen molar-refractivity contribution in [2.24, 2.45) is 0 Å². The summed E-state index contributed by atoms with van der Waals surface area (Å²) in [7, 11) is 0. The fraction of sp³-hybridized carbons (Fsp3) is 0.714. The molecule has 0 aromatic heterocycles. The molecular weight excluding hydrogens is 116 g/mol. The molecule has 0 fully saturated rings. The SMILES string of the molecule is CC1(C)C=COCCO1. The highest BCUT2D eigenvalue weighted by atomic mass is 16.5. The Morgan fingerprint density at radius 2 is 2.11 bits per heavy atom. The van der Waals surface area contributed by atoms with Crippen LogP contribution in [0, 0.1) is 0 Å². The van der Waals surface area contributed by atoms with E-state index in [9.17, 15) is 0 Å². The van der Waals surface area contributed by atoms with E-state index in [1.165, 1.54) is 0 Å². The van der Waals surface area contributed by atoms with Crippen LogP contribution in [0.25, 0.3) is 0 Å². The first-order chi connectivity index (χ1) is 4.21. The summed E-state index contributed by atoms with van der Waals surface area (Å²) in [6.45, 7) is 5.37. The second-order valence-electron chi connectivity index (χ2n) is 2.63. The number of ether oxygens (including phenoxy) is 2. The Kier molecular flexibility index (Phi) is 1.76. The van der Waals surface area contributed by atoms with Crippen molar-refractivity contribution in [2.75, 3.05) is 13.2 Å². The third-order valence-electron chi connectivity index (χ3n) is 1.24. The number of hydrogen-bond donors (Lipinski definition) is 0. The maximum absolute atomic E-state index is 5.38. The zero-order valence-corrected chi connectivity index (χ0v) is 5.89. The van der Waals surface area contributed by atoms with Gasteiger partial charge in [-0.25, -0.2) is 0 Å². The van der Waals surface area contributed by atoms with Gasteiger partial charge in [-0.05, 0) is 19.9 Å². The molecule has 1 heterocycles. The van der Waals surface area contributed by atoms with E-state index < -0.39 is 0 Å². The standard InChI is InChI=1S/C7H12O2/c1-7(2)3-4-8-5-6-9-7/h3-4H,5-6H2,1-2H3. The Hall–Kier alpha value is -0.500. The lowest BCUT2D eigenvalue weighted by Gasteiger charge is -2.17. The third kappa shape index (κ3) is 2.06. The van der Waals surface area contributed by atoms with Crippen LogP contribution in [0.15, 0.2) is 12.3 Å².